The standard InChI is InChI=1S/C13H19N3O3S2/c1-7(11-15-10(6-21-11)12(17)18)14-13(19)16-4-5-20-9(3)8(16)2/h6-9H,4-5H2,1-3H3,(H,14,19)(H,17,18). The molecule has 1 aliphatic heterocycles. The zero-order valence-corrected chi connectivity index (χ0v) is 13.8. The summed E-state index contributed by atoms with van der Waals surface area (Å²) in [6.45, 7) is 6.72. The van der Waals surface area contributed by atoms with Gasteiger partial charge < -0.3 is 15.3 Å². The van der Waals surface area contributed by atoms with Gasteiger partial charge in [-0.1, -0.05) is 6.92 Å². The summed E-state index contributed by atoms with van der Waals surface area (Å²) in [6.07, 6.45) is 0. The van der Waals surface area contributed by atoms with Gasteiger partial charge in [0.25, 0.3) is 0 Å². The lowest BCUT2D eigenvalue weighted by molar-refractivity contribution is 0.0691. The van der Waals surface area contributed by atoms with Crippen molar-refractivity contribution in [2.75, 3.05) is 12.3 Å². The minimum atomic E-state index is -1.05. The van der Waals surface area contributed by atoms with Crippen molar-refractivity contribution in [1.82, 2.24) is 15.2 Å². The van der Waals surface area contributed by atoms with E-state index in [1.807, 2.05) is 30.5 Å². The van der Waals surface area contributed by atoms with E-state index in [-0.39, 0.29) is 23.8 Å². The third kappa shape index (κ3) is 3.68. The molecule has 1 aromatic rings. The fourth-order valence-corrected chi connectivity index (χ4v) is 4.03. The van der Waals surface area contributed by atoms with Crippen molar-refractivity contribution in [2.45, 2.75) is 38.1 Å². The number of carbonyl (C=O) groups is 2. The zero-order chi connectivity index (χ0) is 15.6. The van der Waals surface area contributed by atoms with Crippen LogP contribution in [0.3, 0.4) is 0 Å². The number of nitrogens with one attached hydrogen (secondary N) is 1. The molecule has 1 aliphatic rings. The Bertz CT molecular complexity index is 534. The highest BCUT2D eigenvalue weighted by molar-refractivity contribution is 8.00. The van der Waals surface area contributed by atoms with Gasteiger partial charge in [0.1, 0.15) is 5.01 Å². The molecule has 3 atom stereocenters. The molecule has 6 nitrogen and oxygen atoms in total. The van der Waals surface area contributed by atoms with E-state index in [0.717, 1.165) is 12.3 Å². The molecule has 0 saturated carbocycles. The van der Waals surface area contributed by atoms with Crippen LogP contribution in [-0.4, -0.2) is 50.6 Å². The summed E-state index contributed by atoms with van der Waals surface area (Å²) in [7, 11) is 0. The monoisotopic (exact) mass is 329 g/mol. The molecule has 3 unspecified atom stereocenters. The van der Waals surface area contributed by atoms with Crippen LogP contribution in [0.25, 0.3) is 0 Å². The van der Waals surface area contributed by atoms with Crippen LogP contribution in [0.5, 0.6) is 0 Å². The molecule has 8 heteroatoms. The van der Waals surface area contributed by atoms with Gasteiger partial charge in [-0.15, -0.1) is 11.3 Å². The van der Waals surface area contributed by atoms with Crippen LogP contribution < -0.4 is 5.32 Å². The number of aromatic carboxylic acids is 1. The number of rotatable bonds is 3. The van der Waals surface area contributed by atoms with Gasteiger partial charge in [-0.3, -0.25) is 0 Å². The second-order valence-corrected chi connectivity index (χ2v) is 7.43. The first kappa shape index (κ1) is 16.1. The molecule has 0 aromatic carbocycles. The molecular formula is C13H19N3O3S2. The van der Waals surface area contributed by atoms with Crippen molar-refractivity contribution in [2.24, 2.45) is 0 Å². The molecule has 0 bridgehead atoms. The Morgan fingerprint density at radius 1 is 1.52 bits per heavy atom. The smallest absolute Gasteiger partial charge is 0.355 e. The number of aromatic nitrogens is 1. The van der Waals surface area contributed by atoms with Gasteiger partial charge in [-0.25, -0.2) is 14.6 Å². The van der Waals surface area contributed by atoms with Crippen LogP contribution in [0.4, 0.5) is 4.79 Å². The van der Waals surface area contributed by atoms with Crippen molar-refractivity contribution >= 4 is 35.1 Å². The highest BCUT2D eigenvalue weighted by Crippen LogP contribution is 2.25. The molecule has 0 aliphatic carbocycles. The number of nitrogens with zero attached hydrogens (tertiary/aromatic N) is 2. The number of carboxylic acids is 1. The number of thioether (sulfide) groups is 1. The zero-order valence-electron chi connectivity index (χ0n) is 12.2. The Hall–Kier alpha value is -1.28. The summed E-state index contributed by atoms with van der Waals surface area (Å²) < 4.78 is 0. The molecule has 2 rings (SSSR count). The molecule has 2 N–H and O–H groups in total. The van der Waals surface area contributed by atoms with Gasteiger partial charge in [0.2, 0.25) is 0 Å². The first-order chi connectivity index (χ1) is 9.90. The van der Waals surface area contributed by atoms with E-state index < -0.39 is 5.97 Å². The van der Waals surface area contributed by atoms with Crippen LogP contribution in [0.15, 0.2) is 5.38 Å². The lowest BCUT2D eigenvalue weighted by Gasteiger charge is -2.37. The molecule has 116 valence electrons. The topological polar surface area (TPSA) is 82.5 Å². The van der Waals surface area contributed by atoms with Gasteiger partial charge in [-0.2, -0.15) is 11.8 Å². The average molecular weight is 329 g/mol. The molecule has 2 amide bonds. The fraction of sp³-hybridized carbons (Fsp3) is 0.615. The number of carbonyl (C=O) groups excluding carboxylic acids is 1. The van der Waals surface area contributed by atoms with Gasteiger partial charge in [0.15, 0.2) is 5.69 Å². The highest BCUT2D eigenvalue weighted by atomic mass is 32.2. The van der Waals surface area contributed by atoms with Crippen molar-refractivity contribution in [3.63, 3.8) is 0 Å². The third-order valence-corrected chi connectivity index (χ3v) is 5.96. The van der Waals surface area contributed by atoms with E-state index in [1.54, 1.807) is 0 Å². The predicted molar refractivity (Wildman–Crippen MR) is 84.1 cm³/mol. The number of urea groups is 1. The second kappa shape index (κ2) is 6.65. The molecule has 1 fully saturated rings. The first-order valence-electron chi connectivity index (χ1n) is 6.77. The molecule has 0 spiro atoms. The number of carboxylic acid groups (broad SMARTS) is 1. The Morgan fingerprint density at radius 3 is 2.86 bits per heavy atom. The van der Waals surface area contributed by atoms with Crippen molar-refractivity contribution in [3.05, 3.63) is 16.1 Å². The van der Waals surface area contributed by atoms with E-state index >= 15 is 0 Å². The number of hydrogen-bond donors (Lipinski definition) is 2. The van der Waals surface area contributed by atoms with E-state index in [1.165, 1.54) is 16.7 Å². The van der Waals surface area contributed by atoms with E-state index in [0.29, 0.717) is 10.3 Å². The van der Waals surface area contributed by atoms with Crippen LogP contribution in [0.1, 0.15) is 42.3 Å². The van der Waals surface area contributed by atoms with Crippen molar-refractivity contribution < 1.29 is 14.7 Å². The van der Waals surface area contributed by atoms with Crippen molar-refractivity contribution in [1.29, 1.82) is 0 Å². The summed E-state index contributed by atoms with van der Waals surface area (Å²) in [5, 5.41) is 14.3. The lowest BCUT2D eigenvalue weighted by Crippen LogP contribution is -2.52. The second-order valence-electron chi connectivity index (χ2n) is 5.06. The molecule has 0 radical (unpaired) electrons. The van der Waals surface area contributed by atoms with Gasteiger partial charge in [0, 0.05) is 29.0 Å². The molecular weight excluding hydrogens is 310 g/mol. The van der Waals surface area contributed by atoms with Crippen LogP contribution in [-0.2, 0) is 0 Å². The Morgan fingerprint density at radius 2 is 2.24 bits per heavy atom. The summed E-state index contributed by atoms with van der Waals surface area (Å²) in [5.74, 6) is -0.111. The average Bonchev–Trinajstić information content (AvgIpc) is 2.91. The largest absolute Gasteiger partial charge is 0.476 e. The third-order valence-electron chi connectivity index (χ3n) is 3.60. The Kier molecular flexibility index (Phi) is 5.10. The maximum absolute atomic E-state index is 12.3. The van der Waals surface area contributed by atoms with Gasteiger partial charge in [0.05, 0.1) is 6.04 Å². The van der Waals surface area contributed by atoms with Crippen molar-refractivity contribution in [3.8, 4) is 0 Å². The number of thiazole rings is 1. The van der Waals surface area contributed by atoms with E-state index in [2.05, 4.69) is 17.2 Å². The number of amides is 2. The Labute approximate surface area is 131 Å². The maximum Gasteiger partial charge on any atom is 0.355 e. The Balaban J connectivity index is 1.99. The normalized spacial score (nSPS) is 23.7. The first-order valence-corrected chi connectivity index (χ1v) is 8.70. The molecule has 1 saturated heterocycles. The predicted octanol–water partition coefficient (Wildman–Crippen LogP) is 2.44. The quantitative estimate of drug-likeness (QED) is 0.890. The highest BCUT2D eigenvalue weighted by Gasteiger charge is 2.29. The lowest BCUT2D eigenvalue weighted by atomic mass is 10.2. The van der Waals surface area contributed by atoms with Gasteiger partial charge >= 0.3 is 12.0 Å². The van der Waals surface area contributed by atoms with Crippen LogP contribution in [0, 0.1) is 0 Å². The van der Waals surface area contributed by atoms with Crippen LogP contribution in [0.2, 0.25) is 0 Å². The summed E-state index contributed by atoms with van der Waals surface area (Å²) in [4.78, 5) is 29.0. The minimum Gasteiger partial charge on any atom is -0.476 e. The fourth-order valence-electron chi connectivity index (χ4n) is 2.13. The van der Waals surface area contributed by atoms with E-state index in [4.69, 9.17) is 5.11 Å². The number of hydrogen-bond acceptors (Lipinski definition) is 5. The van der Waals surface area contributed by atoms with Crippen LogP contribution >= 0.6 is 23.1 Å². The molecule has 21 heavy (non-hydrogen) atoms. The SMILES string of the molecule is CC(NC(=O)N1CCSC(C)C1C)c1nc(C(=O)O)cs1. The van der Waals surface area contributed by atoms with E-state index in [9.17, 15) is 9.59 Å². The summed E-state index contributed by atoms with van der Waals surface area (Å²) >= 11 is 3.12. The summed E-state index contributed by atoms with van der Waals surface area (Å²) in [5.41, 5.74) is 0.0208. The maximum atomic E-state index is 12.3. The summed E-state index contributed by atoms with van der Waals surface area (Å²) in [6, 6.07) is -0.233. The molecule has 1 aromatic heterocycles. The van der Waals surface area contributed by atoms with Gasteiger partial charge in [-0.05, 0) is 13.8 Å². The molecule has 2 heterocycles. The minimum absolute atomic E-state index is 0.0208.